The minimum absolute atomic E-state index is 0.0668. The van der Waals surface area contributed by atoms with Gasteiger partial charge in [0, 0.05) is 25.8 Å². The molecule has 7 nitrogen and oxygen atoms in total. The number of methoxy groups -OCH3 is 1. The van der Waals surface area contributed by atoms with Gasteiger partial charge in [0.2, 0.25) is 5.91 Å². The molecule has 2 amide bonds. The number of amides is 2. The van der Waals surface area contributed by atoms with E-state index in [1.165, 1.54) is 7.11 Å². The Morgan fingerprint density at radius 1 is 1.15 bits per heavy atom. The number of hydrogen-bond donors (Lipinski definition) is 2. The van der Waals surface area contributed by atoms with Crippen LogP contribution in [-0.4, -0.2) is 65.8 Å². The monoisotopic (exact) mass is 369 g/mol. The van der Waals surface area contributed by atoms with E-state index in [0.717, 1.165) is 5.56 Å². The predicted molar refractivity (Wildman–Crippen MR) is 99.1 cm³/mol. The summed E-state index contributed by atoms with van der Waals surface area (Å²) in [6, 6.07) is 14.2. The first-order valence-corrected chi connectivity index (χ1v) is 8.82. The van der Waals surface area contributed by atoms with Crippen molar-refractivity contribution in [3.8, 4) is 0 Å². The second-order valence-corrected chi connectivity index (χ2v) is 6.41. The number of aliphatic hydroxyl groups is 1. The van der Waals surface area contributed by atoms with Crippen LogP contribution in [0.5, 0.6) is 0 Å². The van der Waals surface area contributed by atoms with E-state index in [0.29, 0.717) is 5.69 Å². The van der Waals surface area contributed by atoms with Gasteiger partial charge >= 0.3 is 0 Å². The number of ether oxygens (including phenoxy) is 1. The van der Waals surface area contributed by atoms with Gasteiger partial charge < -0.3 is 20.1 Å². The SMILES string of the molecule is COCC(=O)N1[C@H](CO)[C@@H](c2ccccc2)[C@@H]1CNC(=O)c1ccccn1. The van der Waals surface area contributed by atoms with E-state index >= 15 is 0 Å². The Morgan fingerprint density at radius 2 is 1.89 bits per heavy atom. The Labute approximate surface area is 158 Å². The second-order valence-electron chi connectivity index (χ2n) is 6.41. The zero-order chi connectivity index (χ0) is 19.2. The first-order valence-electron chi connectivity index (χ1n) is 8.82. The van der Waals surface area contributed by atoms with Gasteiger partial charge in [0.25, 0.3) is 5.91 Å². The van der Waals surface area contributed by atoms with Crippen molar-refractivity contribution in [2.24, 2.45) is 0 Å². The third-order valence-corrected chi connectivity index (χ3v) is 4.84. The topological polar surface area (TPSA) is 91.8 Å². The lowest BCUT2D eigenvalue weighted by Crippen LogP contribution is -2.69. The number of carbonyl (C=O) groups excluding carboxylic acids is 2. The third-order valence-electron chi connectivity index (χ3n) is 4.84. The Balaban J connectivity index is 1.78. The van der Waals surface area contributed by atoms with Crippen LogP contribution < -0.4 is 5.32 Å². The van der Waals surface area contributed by atoms with E-state index in [-0.39, 0.29) is 49.6 Å². The first-order chi connectivity index (χ1) is 13.2. The zero-order valence-electron chi connectivity index (χ0n) is 15.1. The lowest BCUT2D eigenvalue weighted by atomic mass is 9.75. The van der Waals surface area contributed by atoms with Crippen molar-refractivity contribution < 1.29 is 19.4 Å². The highest BCUT2D eigenvalue weighted by atomic mass is 16.5. The van der Waals surface area contributed by atoms with Crippen LogP contribution in [0.1, 0.15) is 22.0 Å². The first kappa shape index (κ1) is 19.0. The standard InChI is InChI=1S/C20H23N3O4/c1-27-13-18(25)23-16(11-22-20(26)15-9-5-6-10-21-15)19(17(23)12-24)14-7-3-2-4-8-14/h2-10,16-17,19,24H,11-13H2,1H3,(H,22,26)/t16-,17+,19-/m0/s1. The minimum Gasteiger partial charge on any atom is -0.394 e. The summed E-state index contributed by atoms with van der Waals surface area (Å²) in [6.07, 6.45) is 1.56. The van der Waals surface area contributed by atoms with Crippen LogP contribution in [0.4, 0.5) is 0 Å². The highest BCUT2D eigenvalue weighted by Crippen LogP contribution is 2.40. The number of rotatable bonds is 7. The summed E-state index contributed by atoms with van der Waals surface area (Å²) < 4.78 is 4.97. The number of benzene rings is 1. The Morgan fingerprint density at radius 3 is 2.52 bits per heavy atom. The van der Waals surface area contributed by atoms with Crippen LogP contribution in [0.15, 0.2) is 54.7 Å². The molecular formula is C20H23N3O4. The van der Waals surface area contributed by atoms with Crippen LogP contribution in [0.3, 0.4) is 0 Å². The minimum atomic E-state index is -0.341. The van der Waals surface area contributed by atoms with Gasteiger partial charge in [-0.3, -0.25) is 14.6 Å². The molecule has 1 aromatic heterocycles. The molecule has 0 aliphatic carbocycles. The molecule has 0 unspecified atom stereocenters. The number of nitrogens with zero attached hydrogens (tertiary/aromatic N) is 2. The summed E-state index contributed by atoms with van der Waals surface area (Å²) in [5.41, 5.74) is 1.34. The highest BCUT2D eigenvalue weighted by Gasteiger charge is 2.50. The van der Waals surface area contributed by atoms with Crippen LogP contribution in [0.25, 0.3) is 0 Å². The lowest BCUT2D eigenvalue weighted by Gasteiger charge is -2.55. The molecule has 0 saturated carbocycles. The van der Waals surface area contributed by atoms with E-state index in [1.807, 2.05) is 30.3 Å². The molecule has 1 saturated heterocycles. The molecular weight excluding hydrogens is 346 g/mol. The maximum atomic E-state index is 12.5. The summed E-state index contributed by atoms with van der Waals surface area (Å²) in [5.74, 6) is -0.573. The van der Waals surface area contributed by atoms with Crippen LogP contribution in [0, 0.1) is 0 Å². The number of pyridine rings is 1. The molecule has 27 heavy (non-hydrogen) atoms. The quantitative estimate of drug-likeness (QED) is 0.754. The normalized spacial score (nSPS) is 21.4. The average Bonchev–Trinajstić information content (AvgIpc) is 2.69. The molecule has 1 aliphatic rings. The number of likely N-dealkylation sites (tertiary alicyclic amines) is 1. The molecule has 0 bridgehead atoms. The third kappa shape index (κ3) is 3.99. The van der Waals surface area contributed by atoms with Crippen molar-refractivity contribution >= 4 is 11.8 Å². The fraction of sp³-hybridized carbons (Fsp3) is 0.350. The predicted octanol–water partition coefficient (Wildman–Crippen LogP) is 0.813. The van der Waals surface area contributed by atoms with Crippen molar-refractivity contribution in [3.63, 3.8) is 0 Å². The number of carbonyl (C=O) groups is 2. The number of aliphatic hydroxyl groups excluding tert-OH is 1. The summed E-state index contributed by atoms with van der Waals surface area (Å²) >= 11 is 0. The average molecular weight is 369 g/mol. The molecule has 2 heterocycles. The number of aromatic nitrogens is 1. The van der Waals surface area contributed by atoms with Gasteiger partial charge in [0.05, 0.1) is 18.7 Å². The van der Waals surface area contributed by atoms with Gasteiger partial charge in [-0.1, -0.05) is 36.4 Å². The van der Waals surface area contributed by atoms with E-state index in [2.05, 4.69) is 10.3 Å². The maximum absolute atomic E-state index is 12.5. The Kier molecular flexibility index (Phi) is 6.16. The van der Waals surface area contributed by atoms with Gasteiger partial charge in [-0.25, -0.2) is 0 Å². The maximum Gasteiger partial charge on any atom is 0.269 e. The van der Waals surface area contributed by atoms with Crippen LogP contribution in [0.2, 0.25) is 0 Å². The fourth-order valence-electron chi connectivity index (χ4n) is 3.65. The van der Waals surface area contributed by atoms with Crippen molar-refractivity contribution in [2.45, 2.75) is 18.0 Å². The second kappa shape index (κ2) is 8.75. The zero-order valence-corrected chi connectivity index (χ0v) is 15.1. The summed E-state index contributed by atoms with van der Waals surface area (Å²) in [4.78, 5) is 30.4. The van der Waals surface area contributed by atoms with Gasteiger partial charge in [-0.2, -0.15) is 0 Å². The van der Waals surface area contributed by atoms with Crippen LogP contribution >= 0.6 is 0 Å². The molecule has 2 aromatic rings. The summed E-state index contributed by atoms with van der Waals surface area (Å²) in [7, 11) is 1.46. The van der Waals surface area contributed by atoms with E-state index in [9.17, 15) is 14.7 Å². The largest absolute Gasteiger partial charge is 0.394 e. The van der Waals surface area contributed by atoms with Crippen molar-refractivity contribution in [2.75, 3.05) is 26.9 Å². The number of nitrogens with one attached hydrogen (secondary N) is 1. The molecule has 0 spiro atoms. The van der Waals surface area contributed by atoms with E-state index < -0.39 is 0 Å². The van der Waals surface area contributed by atoms with Gasteiger partial charge in [-0.05, 0) is 17.7 Å². The fourth-order valence-corrected chi connectivity index (χ4v) is 3.65. The highest BCUT2D eigenvalue weighted by molar-refractivity contribution is 5.92. The molecule has 142 valence electrons. The van der Waals surface area contributed by atoms with E-state index in [4.69, 9.17) is 4.74 Å². The smallest absolute Gasteiger partial charge is 0.269 e. The lowest BCUT2D eigenvalue weighted by molar-refractivity contribution is -0.154. The van der Waals surface area contributed by atoms with Gasteiger partial charge in [0.15, 0.2) is 0 Å². The molecule has 2 N–H and O–H groups in total. The molecule has 1 aromatic carbocycles. The molecule has 0 radical (unpaired) electrons. The van der Waals surface area contributed by atoms with Gasteiger partial charge in [0.1, 0.15) is 12.3 Å². The van der Waals surface area contributed by atoms with Gasteiger partial charge in [-0.15, -0.1) is 0 Å². The van der Waals surface area contributed by atoms with E-state index in [1.54, 1.807) is 29.3 Å². The molecule has 7 heteroatoms. The molecule has 1 aliphatic heterocycles. The Bertz CT molecular complexity index is 769. The van der Waals surface area contributed by atoms with Crippen molar-refractivity contribution in [1.29, 1.82) is 0 Å². The van der Waals surface area contributed by atoms with Crippen LogP contribution in [-0.2, 0) is 9.53 Å². The summed E-state index contributed by atoms with van der Waals surface area (Å²) in [6.45, 7) is 0.0450. The summed E-state index contributed by atoms with van der Waals surface area (Å²) in [5, 5.41) is 12.7. The number of hydrogen-bond acceptors (Lipinski definition) is 5. The van der Waals surface area contributed by atoms with Crippen molar-refractivity contribution in [1.82, 2.24) is 15.2 Å². The van der Waals surface area contributed by atoms with Crippen molar-refractivity contribution in [3.05, 3.63) is 66.0 Å². The molecule has 3 rings (SSSR count). The molecule has 3 atom stereocenters. The molecule has 1 fully saturated rings. The Hall–Kier alpha value is -2.77.